The maximum atomic E-state index is 10.5. The average molecular weight is 280 g/mol. The molecule has 0 heterocycles. The molecule has 0 aromatic carbocycles. The van der Waals surface area contributed by atoms with Crippen LogP contribution in [0.1, 0.15) is 0 Å². The first kappa shape index (κ1) is 26.1. The average Bonchev–Trinajstić information content (AvgIpc) is 2.19. The fourth-order valence-electron chi connectivity index (χ4n) is 0.380. The molecule has 0 aromatic rings. The first-order valence-corrected chi connectivity index (χ1v) is 8.11. The van der Waals surface area contributed by atoms with Crippen molar-refractivity contribution >= 4 is 43.4 Å². The van der Waals surface area contributed by atoms with Gasteiger partial charge < -0.3 is 28.7 Å². The van der Waals surface area contributed by atoms with Gasteiger partial charge in [0.2, 0.25) is 19.5 Å². The van der Waals surface area contributed by atoms with Gasteiger partial charge in [0.1, 0.15) is 0 Å². The van der Waals surface area contributed by atoms with Gasteiger partial charge in [0.15, 0.2) is 0 Å². The summed E-state index contributed by atoms with van der Waals surface area (Å²) in [7, 11) is -1.66. The Bertz CT molecular complexity index is 257. The fourth-order valence-corrected chi connectivity index (χ4v) is 1.14. The number of rotatable bonds is 2. The van der Waals surface area contributed by atoms with Gasteiger partial charge in [0, 0.05) is 0 Å². The van der Waals surface area contributed by atoms with Gasteiger partial charge in [-0.05, 0) is 13.1 Å². The number of aliphatic carboxylic acids is 2. The van der Waals surface area contributed by atoms with Crippen LogP contribution in [0, 0.1) is 0 Å². The van der Waals surface area contributed by atoms with E-state index >= 15 is 0 Å². The zero-order valence-corrected chi connectivity index (χ0v) is 13.5. The summed E-state index contributed by atoms with van der Waals surface area (Å²) >= 11 is 0. The van der Waals surface area contributed by atoms with Crippen LogP contribution in [0.25, 0.3) is 0 Å². The molecule has 92 valence electrons. The topological polar surface area (TPSA) is 133 Å². The molecular weight excluding hydrogens is 270 g/mol. The minimum atomic E-state index is -2.19. The molecule has 12 heteroatoms. The molecule has 0 bridgehead atoms. The molecule has 0 rings (SSSR count). The van der Waals surface area contributed by atoms with Crippen LogP contribution in [-0.4, -0.2) is 43.4 Å². The number of carboxylic acids is 2. The molecule has 0 N–H and O–H groups in total. The summed E-state index contributed by atoms with van der Waals surface area (Å²) in [5, 5.41) is 17.9. The molecule has 0 aromatic heterocycles. The van der Waals surface area contributed by atoms with Gasteiger partial charge in [-0.1, -0.05) is 0 Å². The molecular formula is C6H10Li2O8Si2. The largest absolute Gasteiger partial charge is 1.00 e. The van der Waals surface area contributed by atoms with Gasteiger partial charge in [-0.25, -0.2) is 9.59 Å². The number of hydrogen-bond acceptors (Lipinski definition) is 8. The van der Waals surface area contributed by atoms with E-state index < -0.39 is 43.4 Å². The molecule has 0 spiro atoms. The second-order valence-electron chi connectivity index (χ2n) is 2.02. The van der Waals surface area contributed by atoms with E-state index in [1.165, 1.54) is 0 Å². The summed E-state index contributed by atoms with van der Waals surface area (Å²) in [6.45, 7) is 3.54. The Kier molecular flexibility index (Phi) is 24.0. The van der Waals surface area contributed by atoms with Crippen LogP contribution in [0.5, 0.6) is 0 Å². The standard InChI is InChI=1S/C4H10O4Si2.C2H2O4.2Li/c1-9-7-3(5)4(6)8-10-2;3-1(4)2(5)6;;/h9-10H2,1-2H3;(H,3,4)(H,5,6);;/q;;2*+1/p-2. The normalized spacial score (nSPS) is 8.56. The third-order valence-corrected chi connectivity index (χ3v) is 1.99. The molecule has 18 heavy (non-hydrogen) atoms. The van der Waals surface area contributed by atoms with Crippen LogP contribution in [0.4, 0.5) is 0 Å². The van der Waals surface area contributed by atoms with E-state index in [0.717, 1.165) is 0 Å². The Morgan fingerprint density at radius 2 is 1.00 bits per heavy atom. The Morgan fingerprint density at radius 1 is 0.778 bits per heavy atom. The molecule has 0 fully saturated rings. The maximum Gasteiger partial charge on any atom is 1.00 e. The quantitative estimate of drug-likeness (QED) is 0.359. The fraction of sp³-hybridized carbons (Fsp3) is 0.333. The van der Waals surface area contributed by atoms with E-state index in [4.69, 9.17) is 19.8 Å². The van der Waals surface area contributed by atoms with Crippen LogP contribution in [0.15, 0.2) is 0 Å². The van der Waals surface area contributed by atoms with E-state index in [-0.39, 0.29) is 37.7 Å². The SMILES string of the molecule is C[SiH2]OC(=O)C(=O)O[SiH2]C.O=C([O-])C(=O)[O-].[Li+].[Li+]. The second-order valence-corrected chi connectivity index (χ2v) is 3.75. The van der Waals surface area contributed by atoms with Crippen LogP contribution >= 0.6 is 0 Å². The van der Waals surface area contributed by atoms with E-state index in [1.54, 1.807) is 13.1 Å². The minimum absolute atomic E-state index is 0. The van der Waals surface area contributed by atoms with Crippen molar-refractivity contribution in [2.45, 2.75) is 13.1 Å². The summed E-state index contributed by atoms with van der Waals surface area (Å²) in [4.78, 5) is 38.8. The van der Waals surface area contributed by atoms with E-state index in [2.05, 4.69) is 8.85 Å². The number of carbonyl (C=O) groups is 4. The van der Waals surface area contributed by atoms with Crippen LogP contribution < -0.4 is 47.9 Å². The van der Waals surface area contributed by atoms with Gasteiger partial charge in [-0.2, -0.15) is 0 Å². The summed E-state index contributed by atoms with van der Waals surface area (Å²) in [5.74, 6) is -6.03. The Hall–Kier alpha value is -0.491. The molecule has 8 nitrogen and oxygen atoms in total. The van der Waals surface area contributed by atoms with Crippen molar-refractivity contribution in [1.82, 2.24) is 0 Å². The Morgan fingerprint density at radius 3 is 1.11 bits per heavy atom. The van der Waals surface area contributed by atoms with Crippen molar-refractivity contribution in [2.75, 3.05) is 0 Å². The van der Waals surface area contributed by atoms with Crippen molar-refractivity contribution < 1.29 is 76.0 Å². The van der Waals surface area contributed by atoms with Crippen molar-refractivity contribution in [3.05, 3.63) is 0 Å². The van der Waals surface area contributed by atoms with E-state index in [0.29, 0.717) is 0 Å². The molecule has 0 radical (unpaired) electrons. The molecule has 0 aliphatic carbocycles. The first-order valence-electron chi connectivity index (χ1n) is 4.12. The smallest absolute Gasteiger partial charge is 0.543 e. The maximum absolute atomic E-state index is 10.5. The zero-order chi connectivity index (χ0) is 13.1. The van der Waals surface area contributed by atoms with Gasteiger partial charge in [-0.3, -0.25) is 0 Å². The van der Waals surface area contributed by atoms with Gasteiger partial charge in [0.05, 0.1) is 11.9 Å². The Balaban J connectivity index is -0.000000108. The van der Waals surface area contributed by atoms with Crippen LogP contribution in [0.2, 0.25) is 13.1 Å². The summed E-state index contributed by atoms with van der Waals surface area (Å²) < 4.78 is 9.01. The molecule has 0 aliphatic heterocycles. The first-order chi connectivity index (χ1) is 7.36. The molecule has 0 amide bonds. The van der Waals surface area contributed by atoms with Gasteiger partial charge in [0.25, 0.3) is 0 Å². The number of carbonyl (C=O) groups excluding carboxylic acids is 4. The minimum Gasteiger partial charge on any atom is -0.543 e. The van der Waals surface area contributed by atoms with Gasteiger partial charge >= 0.3 is 49.7 Å². The van der Waals surface area contributed by atoms with E-state index in [1.807, 2.05) is 0 Å². The van der Waals surface area contributed by atoms with E-state index in [9.17, 15) is 9.59 Å². The third-order valence-electron chi connectivity index (χ3n) is 0.884. The monoisotopic (exact) mass is 280 g/mol. The molecule has 0 saturated heterocycles. The summed E-state index contributed by atoms with van der Waals surface area (Å²) in [6, 6.07) is 0. The van der Waals surface area contributed by atoms with Crippen LogP contribution in [0.3, 0.4) is 0 Å². The number of hydrogen-bond donors (Lipinski definition) is 0. The van der Waals surface area contributed by atoms with Crippen molar-refractivity contribution in [1.29, 1.82) is 0 Å². The molecule has 0 aliphatic rings. The third kappa shape index (κ3) is 17.9. The predicted octanol–water partition coefficient (Wildman–Crippen LogP) is -11.2. The Labute approximate surface area is 132 Å². The second kappa shape index (κ2) is 16.5. The van der Waals surface area contributed by atoms with Crippen molar-refractivity contribution in [3.63, 3.8) is 0 Å². The van der Waals surface area contributed by atoms with Crippen molar-refractivity contribution in [3.8, 4) is 0 Å². The zero-order valence-electron chi connectivity index (χ0n) is 10.7. The molecule has 0 atom stereocenters. The van der Waals surface area contributed by atoms with Gasteiger partial charge in [-0.15, -0.1) is 0 Å². The summed E-state index contributed by atoms with van der Waals surface area (Å²) in [5.41, 5.74) is 0. The predicted molar refractivity (Wildman–Crippen MR) is 51.0 cm³/mol. The van der Waals surface area contributed by atoms with Crippen LogP contribution in [-0.2, 0) is 28.0 Å². The van der Waals surface area contributed by atoms with Crippen molar-refractivity contribution in [2.24, 2.45) is 0 Å². The molecule has 0 saturated carbocycles. The molecule has 0 unspecified atom stereocenters. The number of carboxylic acid groups (broad SMARTS) is 2. The summed E-state index contributed by atoms with van der Waals surface area (Å²) in [6.07, 6.45) is 0.